The zero-order valence-electron chi connectivity index (χ0n) is 16.7. The van der Waals surface area contributed by atoms with E-state index in [1.807, 2.05) is 0 Å². The van der Waals surface area contributed by atoms with Crippen molar-refractivity contribution in [2.75, 3.05) is 6.61 Å². The van der Waals surface area contributed by atoms with Crippen LogP contribution >= 0.6 is 0 Å². The van der Waals surface area contributed by atoms with Gasteiger partial charge < -0.3 is 9.84 Å². The minimum atomic E-state index is -0.0878. The Morgan fingerprint density at radius 3 is 2.00 bits per heavy atom. The van der Waals surface area contributed by atoms with Crippen molar-refractivity contribution < 1.29 is 9.84 Å². The van der Waals surface area contributed by atoms with Gasteiger partial charge in [0.1, 0.15) is 5.75 Å². The second-order valence-corrected chi connectivity index (χ2v) is 10.1. The van der Waals surface area contributed by atoms with Crippen molar-refractivity contribution in [2.24, 2.45) is 17.8 Å². The normalized spacial score (nSPS) is 25.8. The largest absolute Gasteiger partial charge is 0.507 e. The van der Waals surface area contributed by atoms with E-state index in [9.17, 15) is 5.11 Å². The summed E-state index contributed by atoms with van der Waals surface area (Å²) in [6.07, 6.45) is 7.39. The second-order valence-electron chi connectivity index (χ2n) is 10.1. The van der Waals surface area contributed by atoms with E-state index < -0.39 is 0 Å². The molecular weight excluding hydrogens is 308 g/mol. The maximum atomic E-state index is 10.8. The number of fused-ring (bicyclic) bond motifs is 2. The van der Waals surface area contributed by atoms with Gasteiger partial charge in [-0.15, -0.1) is 0 Å². The van der Waals surface area contributed by atoms with Crippen LogP contribution < -0.4 is 0 Å². The zero-order valence-corrected chi connectivity index (χ0v) is 16.7. The van der Waals surface area contributed by atoms with Crippen LogP contribution in [-0.2, 0) is 22.2 Å². The maximum absolute atomic E-state index is 10.8. The average molecular weight is 343 g/mol. The summed E-state index contributed by atoms with van der Waals surface area (Å²) in [5.74, 6) is 2.67. The van der Waals surface area contributed by atoms with E-state index in [1.165, 1.54) is 18.4 Å². The first-order chi connectivity index (χ1) is 11.6. The van der Waals surface area contributed by atoms with Gasteiger partial charge in [-0.1, -0.05) is 53.7 Å². The van der Waals surface area contributed by atoms with E-state index >= 15 is 0 Å². The molecule has 1 N–H and O–H groups in total. The Morgan fingerprint density at radius 2 is 1.56 bits per heavy atom. The number of rotatable bonds is 4. The van der Waals surface area contributed by atoms with E-state index in [-0.39, 0.29) is 10.8 Å². The van der Waals surface area contributed by atoms with E-state index in [4.69, 9.17) is 4.74 Å². The van der Waals surface area contributed by atoms with Crippen LogP contribution in [0.15, 0.2) is 24.3 Å². The number of allylic oxidation sites excluding steroid dienone is 2. The molecule has 3 atom stereocenters. The topological polar surface area (TPSA) is 29.5 Å². The van der Waals surface area contributed by atoms with Crippen molar-refractivity contribution in [3.8, 4) is 5.75 Å². The SMILES string of the molecule is CC(C)(C)c1cc(COCC2CC3C=CC2C3)cc(C(C)(C)C)c1O. The summed E-state index contributed by atoms with van der Waals surface area (Å²) in [5.41, 5.74) is 3.03. The molecule has 0 spiro atoms. The standard InChI is InChI=1S/C23H34O2/c1-22(2,3)19-11-16(12-20(21(19)24)23(4,5)6)13-25-14-18-10-15-7-8-17(18)9-15/h7-8,11-12,15,17-18,24H,9-10,13-14H2,1-6H3. The van der Waals surface area contributed by atoms with Crippen molar-refractivity contribution in [2.45, 2.75) is 71.8 Å². The van der Waals surface area contributed by atoms with Gasteiger partial charge in [0, 0.05) is 0 Å². The molecule has 2 heteroatoms. The number of phenols is 1. The summed E-state index contributed by atoms with van der Waals surface area (Å²) in [6, 6.07) is 4.26. The van der Waals surface area contributed by atoms with Gasteiger partial charge in [-0.2, -0.15) is 0 Å². The molecule has 1 aromatic rings. The lowest BCUT2D eigenvalue weighted by Crippen LogP contribution is -2.18. The molecule has 0 amide bonds. The van der Waals surface area contributed by atoms with E-state index in [1.54, 1.807) is 0 Å². The molecule has 1 fully saturated rings. The van der Waals surface area contributed by atoms with Gasteiger partial charge in [-0.25, -0.2) is 0 Å². The summed E-state index contributed by atoms with van der Waals surface area (Å²) in [6.45, 7) is 14.4. The molecule has 3 unspecified atom stereocenters. The highest BCUT2D eigenvalue weighted by atomic mass is 16.5. The maximum Gasteiger partial charge on any atom is 0.123 e. The molecule has 2 nitrogen and oxygen atoms in total. The molecule has 0 aromatic heterocycles. The van der Waals surface area contributed by atoms with Gasteiger partial charge in [-0.05, 0) is 70.2 Å². The number of benzene rings is 1. The number of ether oxygens (including phenoxy) is 1. The monoisotopic (exact) mass is 342 g/mol. The van der Waals surface area contributed by atoms with Crippen molar-refractivity contribution in [1.29, 1.82) is 0 Å². The second kappa shape index (κ2) is 6.46. The van der Waals surface area contributed by atoms with Gasteiger partial charge in [-0.3, -0.25) is 0 Å². The third-order valence-electron chi connectivity index (χ3n) is 5.80. The van der Waals surface area contributed by atoms with Crippen LogP contribution in [0.2, 0.25) is 0 Å². The lowest BCUT2D eigenvalue weighted by molar-refractivity contribution is 0.0787. The molecule has 0 saturated heterocycles. The summed E-state index contributed by atoms with van der Waals surface area (Å²) >= 11 is 0. The Hall–Kier alpha value is -1.28. The average Bonchev–Trinajstić information content (AvgIpc) is 3.09. The van der Waals surface area contributed by atoms with Crippen LogP contribution in [0, 0.1) is 17.8 Å². The van der Waals surface area contributed by atoms with E-state index in [0.717, 1.165) is 29.6 Å². The Labute approximate surface area is 153 Å². The zero-order chi connectivity index (χ0) is 18.4. The van der Waals surface area contributed by atoms with Gasteiger partial charge in [0.2, 0.25) is 0 Å². The van der Waals surface area contributed by atoms with Crippen LogP contribution in [0.4, 0.5) is 0 Å². The van der Waals surface area contributed by atoms with E-state index in [2.05, 4.69) is 65.8 Å². The van der Waals surface area contributed by atoms with Crippen LogP contribution in [-0.4, -0.2) is 11.7 Å². The third-order valence-corrected chi connectivity index (χ3v) is 5.80. The van der Waals surface area contributed by atoms with Gasteiger partial charge in [0.25, 0.3) is 0 Å². The highest BCUT2D eigenvalue weighted by Gasteiger charge is 2.35. The first-order valence-electron chi connectivity index (χ1n) is 9.68. The lowest BCUT2D eigenvalue weighted by Gasteiger charge is -2.28. The van der Waals surface area contributed by atoms with Crippen LogP contribution in [0.25, 0.3) is 0 Å². The van der Waals surface area contributed by atoms with Gasteiger partial charge in [0.15, 0.2) is 0 Å². The van der Waals surface area contributed by atoms with Crippen LogP contribution in [0.1, 0.15) is 71.1 Å². The Kier molecular flexibility index (Phi) is 4.79. The molecule has 2 aliphatic carbocycles. The lowest BCUT2D eigenvalue weighted by atomic mass is 9.78. The Bertz CT molecular complexity index is 623. The van der Waals surface area contributed by atoms with Crippen LogP contribution in [0.5, 0.6) is 5.75 Å². The summed E-state index contributed by atoms with van der Waals surface area (Å²) < 4.78 is 6.12. The molecule has 0 aliphatic heterocycles. The van der Waals surface area contributed by atoms with Crippen molar-refractivity contribution in [1.82, 2.24) is 0 Å². The quantitative estimate of drug-likeness (QED) is 0.710. The minimum Gasteiger partial charge on any atom is -0.507 e. The summed E-state index contributed by atoms with van der Waals surface area (Å²) in [5, 5.41) is 10.8. The predicted octanol–water partition coefficient (Wildman–Crippen LogP) is 5.72. The van der Waals surface area contributed by atoms with Crippen molar-refractivity contribution in [3.05, 3.63) is 41.0 Å². The molecule has 2 aliphatic rings. The fourth-order valence-corrected chi connectivity index (χ4v) is 4.34. The van der Waals surface area contributed by atoms with Crippen molar-refractivity contribution in [3.63, 3.8) is 0 Å². The van der Waals surface area contributed by atoms with Gasteiger partial charge in [0.05, 0.1) is 13.2 Å². The number of phenolic OH excluding ortho intramolecular Hbond substituents is 1. The fourth-order valence-electron chi connectivity index (χ4n) is 4.34. The number of aromatic hydroxyl groups is 1. The smallest absolute Gasteiger partial charge is 0.123 e. The first kappa shape index (κ1) is 18.5. The van der Waals surface area contributed by atoms with Crippen LogP contribution in [0.3, 0.4) is 0 Å². The number of hydrogen-bond acceptors (Lipinski definition) is 2. The molecule has 3 rings (SSSR count). The number of hydrogen-bond donors (Lipinski definition) is 1. The molecule has 0 heterocycles. The fraction of sp³-hybridized carbons (Fsp3) is 0.652. The molecule has 0 radical (unpaired) electrons. The van der Waals surface area contributed by atoms with Crippen molar-refractivity contribution >= 4 is 0 Å². The summed E-state index contributed by atoms with van der Waals surface area (Å²) in [7, 11) is 0. The molecule has 2 bridgehead atoms. The Balaban J connectivity index is 1.75. The highest BCUT2D eigenvalue weighted by Crippen LogP contribution is 2.44. The minimum absolute atomic E-state index is 0.0878. The molecule has 1 saturated carbocycles. The molecule has 25 heavy (non-hydrogen) atoms. The third kappa shape index (κ3) is 3.95. The summed E-state index contributed by atoms with van der Waals surface area (Å²) in [4.78, 5) is 0. The molecule has 1 aromatic carbocycles. The molecular formula is C23H34O2. The van der Waals surface area contributed by atoms with Gasteiger partial charge >= 0.3 is 0 Å². The first-order valence-corrected chi connectivity index (χ1v) is 9.68. The van der Waals surface area contributed by atoms with E-state index in [0.29, 0.717) is 18.3 Å². The Morgan fingerprint density at radius 1 is 0.960 bits per heavy atom. The molecule has 138 valence electrons. The predicted molar refractivity (Wildman–Crippen MR) is 104 cm³/mol. The highest BCUT2D eigenvalue weighted by molar-refractivity contribution is 5.49.